The van der Waals surface area contributed by atoms with Gasteiger partial charge in [-0.2, -0.15) is 0 Å². The molecule has 0 aromatic heterocycles. The highest BCUT2D eigenvalue weighted by Crippen LogP contribution is 2.38. The van der Waals surface area contributed by atoms with Gasteiger partial charge in [0.15, 0.2) is 0 Å². The molecule has 0 amide bonds. The Labute approximate surface area is 90.8 Å². The van der Waals surface area contributed by atoms with Crippen LogP contribution in [0, 0.1) is 0 Å². The summed E-state index contributed by atoms with van der Waals surface area (Å²) in [6, 6.07) is 3.99. The third kappa shape index (κ3) is 1.74. The van der Waals surface area contributed by atoms with Gasteiger partial charge in [0.2, 0.25) is 0 Å². The van der Waals surface area contributed by atoms with Crippen LogP contribution >= 0.6 is 0 Å². The number of hydrogen-bond donors (Lipinski definition) is 1. The summed E-state index contributed by atoms with van der Waals surface area (Å²) in [5.41, 5.74) is 9.00. The summed E-state index contributed by atoms with van der Waals surface area (Å²) in [4.78, 5) is 2.21. The van der Waals surface area contributed by atoms with Crippen molar-refractivity contribution in [2.24, 2.45) is 0 Å². The van der Waals surface area contributed by atoms with Gasteiger partial charge in [-0.15, -0.1) is 0 Å². The Morgan fingerprint density at radius 2 is 2.27 bits per heavy atom. The first-order chi connectivity index (χ1) is 7.11. The molecule has 0 spiro atoms. The van der Waals surface area contributed by atoms with E-state index in [2.05, 4.69) is 25.8 Å². The molecule has 0 radical (unpaired) electrons. The van der Waals surface area contributed by atoms with Crippen LogP contribution in [0.1, 0.15) is 19.4 Å². The molecule has 1 aromatic rings. The molecule has 3 heteroatoms. The summed E-state index contributed by atoms with van der Waals surface area (Å²) in [7, 11) is 2.08. The minimum absolute atomic E-state index is 0.247. The largest absolute Gasteiger partial charge is 0.486 e. The molecule has 1 heterocycles. The van der Waals surface area contributed by atoms with E-state index in [0.717, 1.165) is 30.1 Å². The lowest BCUT2D eigenvalue weighted by atomic mass is 10.1. The molecule has 82 valence electrons. The fourth-order valence-corrected chi connectivity index (χ4v) is 2.10. The van der Waals surface area contributed by atoms with Gasteiger partial charge >= 0.3 is 0 Å². The summed E-state index contributed by atoms with van der Waals surface area (Å²) < 4.78 is 5.88. The van der Waals surface area contributed by atoms with Crippen molar-refractivity contribution in [1.82, 2.24) is 0 Å². The summed E-state index contributed by atoms with van der Waals surface area (Å²) in [6.07, 6.45) is 1.20. The standard InChI is InChI=1S/C12H18N2O/c1-4-9-5-10(13)6-11-12(9)15-8(2)7-14(11)3/h5-6,8H,4,7,13H2,1-3H3. The van der Waals surface area contributed by atoms with Crippen LogP contribution in [0.5, 0.6) is 5.75 Å². The maximum Gasteiger partial charge on any atom is 0.146 e. The minimum Gasteiger partial charge on any atom is -0.486 e. The van der Waals surface area contributed by atoms with Crippen molar-refractivity contribution in [3.63, 3.8) is 0 Å². The van der Waals surface area contributed by atoms with E-state index >= 15 is 0 Å². The Hall–Kier alpha value is -1.38. The first-order valence-electron chi connectivity index (χ1n) is 5.42. The fraction of sp³-hybridized carbons (Fsp3) is 0.500. The van der Waals surface area contributed by atoms with Crippen LogP contribution in [0.25, 0.3) is 0 Å². The average Bonchev–Trinajstić information content (AvgIpc) is 2.18. The van der Waals surface area contributed by atoms with Gasteiger partial charge in [-0.3, -0.25) is 0 Å². The molecule has 3 nitrogen and oxygen atoms in total. The van der Waals surface area contributed by atoms with Gasteiger partial charge in [0, 0.05) is 12.7 Å². The van der Waals surface area contributed by atoms with Gasteiger partial charge in [0.05, 0.1) is 12.2 Å². The molecule has 15 heavy (non-hydrogen) atoms. The van der Waals surface area contributed by atoms with Crippen molar-refractivity contribution >= 4 is 11.4 Å². The van der Waals surface area contributed by atoms with Crippen molar-refractivity contribution < 1.29 is 4.74 Å². The lowest BCUT2D eigenvalue weighted by molar-refractivity contribution is 0.213. The van der Waals surface area contributed by atoms with Crippen LogP contribution < -0.4 is 15.4 Å². The molecule has 1 atom stereocenters. The van der Waals surface area contributed by atoms with Crippen LogP contribution in [0.3, 0.4) is 0 Å². The predicted molar refractivity (Wildman–Crippen MR) is 63.6 cm³/mol. The van der Waals surface area contributed by atoms with Crippen molar-refractivity contribution in [1.29, 1.82) is 0 Å². The smallest absolute Gasteiger partial charge is 0.146 e. The summed E-state index contributed by atoms with van der Waals surface area (Å²) in [5, 5.41) is 0. The third-order valence-corrected chi connectivity index (χ3v) is 2.81. The maximum absolute atomic E-state index is 5.88. The molecule has 0 fully saturated rings. The quantitative estimate of drug-likeness (QED) is 0.715. The van der Waals surface area contributed by atoms with Crippen molar-refractivity contribution in [3.8, 4) is 5.75 Å². The van der Waals surface area contributed by atoms with Gasteiger partial charge in [-0.25, -0.2) is 0 Å². The van der Waals surface area contributed by atoms with E-state index in [4.69, 9.17) is 10.5 Å². The zero-order valence-corrected chi connectivity index (χ0v) is 9.58. The normalized spacial score (nSPS) is 19.7. The molecular weight excluding hydrogens is 188 g/mol. The van der Waals surface area contributed by atoms with Gasteiger partial charge in [0.25, 0.3) is 0 Å². The van der Waals surface area contributed by atoms with Crippen LogP contribution in [-0.2, 0) is 6.42 Å². The Balaban J connectivity index is 2.53. The number of nitrogen functional groups attached to an aromatic ring is 1. The van der Waals surface area contributed by atoms with Crippen LogP contribution in [0.15, 0.2) is 12.1 Å². The highest BCUT2D eigenvalue weighted by molar-refractivity contribution is 5.69. The van der Waals surface area contributed by atoms with Crippen molar-refractivity contribution in [3.05, 3.63) is 17.7 Å². The van der Waals surface area contributed by atoms with E-state index in [9.17, 15) is 0 Å². The van der Waals surface area contributed by atoms with Crippen molar-refractivity contribution in [2.75, 3.05) is 24.2 Å². The number of rotatable bonds is 1. The van der Waals surface area contributed by atoms with Gasteiger partial charge in [-0.05, 0) is 31.0 Å². The SMILES string of the molecule is CCc1cc(N)cc2c1OC(C)CN2C. The van der Waals surface area contributed by atoms with E-state index in [-0.39, 0.29) is 6.10 Å². The number of hydrogen-bond acceptors (Lipinski definition) is 3. The van der Waals surface area contributed by atoms with Gasteiger partial charge < -0.3 is 15.4 Å². The van der Waals surface area contributed by atoms with E-state index in [1.807, 2.05) is 12.1 Å². The molecule has 0 bridgehead atoms. The maximum atomic E-state index is 5.88. The lowest BCUT2D eigenvalue weighted by Gasteiger charge is -2.33. The molecule has 1 unspecified atom stereocenters. The first kappa shape index (κ1) is 10.1. The average molecular weight is 206 g/mol. The molecule has 0 saturated carbocycles. The molecule has 1 aromatic carbocycles. The number of aryl methyl sites for hydroxylation is 1. The molecule has 0 aliphatic carbocycles. The summed E-state index contributed by atoms with van der Waals surface area (Å²) in [5.74, 6) is 1.01. The Morgan fingerprint density at radius 3 is 2.93 bits per heavy atom. The number of nitrogens with zero attached hydrogens (tertiary/aromatic N) is 1. The second-order valence-electron chi connectivity index (χ2n) is 4.19. The monoisotopic (exact) mass is 206 g/mol. The molecule has 2 rings (SSSR count). The summed E-state index contributed by atoms with van der Waals surface area (Å²) >= 11 is 0. The highest BCUT2D eigenvalue weighted by Gasteiger charge is 2.22. The van der Waals surface area contributed by atoms with Crippen molar-refractivity contribution in [2.45, 2.75) is 26.4 Å². The molecule has 2 N–H and O–H groups in total. The van der Waals surface area contributed by atoms with E-state index < -0.39 is 0 Å². The topological polar surface area (TPSA) is 38.5 Å². The van der Waals surface area contributed by atoms with Gasteiger partial charge in [-0.1, -0.05) is 6.92 Å². The number of fused-ring (bicyclic) bond motifs is 1. The first-order valence-corrected chi connectivity index (χ1v) is 5.42. The zero-order valence-electron chi connectivity index (χ0n) is 9.58. The molecule has 1 aliphatic heterocycles. The minimum atomic E-state index is 0.247. The number of likely N-dealkylation sites (N-methyl/N-ethyl adjacent to an activating group) is 1. The Kier molecular flexibility index (Phi) is 2.47. The number of benzene rings is 1. The lowest BCUT2D eigenvalue weighted by Crippen LogP contribution is -2.36. The second kappa shape index (κ2) is 3.65. The Morgan fingerprint density at radius 1 is 1.53 bits per heavy atom. The molecule has 0 saturated heterocycles. The van der Waals surface area contributed by atoms with E-state index in [1.54, 1.807) is 0 Å². The third-order valence-electron chi connectivity index (χ3n) is 2.81. The second-order valence-corrected chi connectivity index (χ2v) is 4.19. The van der Waals surface area contributed by atoms with Crippen LogP contribution in [-0.4, -0.2) is 19.7 Å². The molecular formula is C12H18N2O. The van der Waals surface area contributed by atoms with E-state index in [1.165, 1.54) is 5.56 Å². The number of ether oxygens (including phenoxy) is 1. The predicted octanol–water partition coefficient (Wildman–Crippen LogP) is 2.05. The highest BCUT2D eigenvalue weighted by atomic mass is 16.5. The summed E-state index contributed by atoms with van der Waals surface area (Å²) in [6.45, 7) is 5.13. The fourth-order valence-electron chi connectivity index (χ4n) is 2.10. The Bertz CT molecular complexity index is 376. The van der Waals surface area contributed by atoms with Crippen LogP contribution in [0.4, 0.5) is 11.4 Å². The number of anilines is 2. The molecule has 1 aliphatic rings. The van der Waals surface area contributed by atoms with E-state index in [0.29, 0.717) is 0 Å². The number of nitrogens with two attached hydrogens (primary N) is 1. The zero-order chi connectivity index (χ0) is 11.0. The van der Waals surface area contributed by atoms with Crippen LogP contribution in [0.2, 0.25) is 0 Å². The van der Waals surface area contributed by atoms with Gasteiger partial charge in [0.1, 0.15) is 11.9 Å².